The van der Waals surface area contributed by atoms with Crippen molar-refractivity contribution in [2.75, 3.05) is 12.3 Å². The van der Waals surface area contributed by atoms with Gasteiger partial charge in [0.15, 0.2) is 0 Å². The Morgan fingerprint density at radius 3 is 2.70 bits per heavy atom. The summed E-state index contributed by atoms with van der Waals surface area (Å²) < 4.78 is 0. The van der Waals surface area contributed by atoms with Crippen LogP contribution in [0.15, 0.2) is 17.5 Å². The molecule has 1 heterocycles. The molecule has 1 aromatic carbocycles. The SMILES string of the molecule is Cc1csc(CCNC(=O)c2cc(N)c(C)cc2C)n1. The largest absolute Gasteiger partial charge is 0.398 e. The van der Waals surface area contributed by atoms with E-state index < -0.39 is 0 Å². The number of hydrogen-bond acceptors (Lipinski definition) is 4. The third-order valence-electron chi connectivity index (χ3n) is 3.15. The van der Waals surface area contributed by atoms with E-state index >= 15 is 0 Å². The molecule has 0 saturated carbocycles. The molecule has 0 fully saturated rings. The number of aryl methyl sites for hydroxylation is 3. The fraction of sp³-hybridized carbons (Fsp3) is 0.333. The van der Waals surface area contributed by atoms with E-state index in [0.29, 0.717) is 17.8 Å². The number of aromatic nitrogens is 1. The van der Waals surface area contributed by atoms with Crippen molar-refractivity contribution >= 4 is 22.9 Å². The quantitative estimate of drug-likeness (QED) is 0.850. The number of anilines is 1. The molecule has 0 aliphatic rings. The van der Waals surface area contributed by atoms with Gasteiger partial charge in [-0.3, -0.25) is 4.79 Å². The minimum absolute atomic E-state index is 0.0810. The van der Waals surface area contributed by atoms with E-state index in [1.54, 1.807) is 17.4 Å². The van der Waals surface area contributed by atoms with E-state index in [1.807, 2.05) is 32.2 Å². The molecule has 2 rings (SSSR count). The van der Waals surface area contributed by atoms with Crippen LogP contribution in [-0.4, -0.2) is 17.4 Å². The van der Waals surface area contributed by atoms with Crippen molar-refractivity contribution in [2.45, 2.75) is 27.2 Å². The number of thiazole rings is 1. The molecule has 0 bridgehead atoms. The van der Waals surface area contributed by atoms with Crippen LogP contribution in [0.2, 0.25) is 0 Å². The second kappa shape index (κ2) is 6.05. The monoisotopic (exact) mass is 289 g/mol. The lowest BCUT2D eigenvalue weighted by molar-refractivity contribution is 0.0953. The highest BCUT2D eigenvalue weighted by Gasteiger charge is 2.10. The van der Waals surface area contributed by atoms with Gasteiger partial charge >= 0.3 is 0 Å². The molecule has 5 heteroatoms. The van der Waals surface area contributed by atoms with Crippen LogP contribution in [0.3, 0.4) is 0 Å². The van der Waals surface area contributed by atoms with Crippen molar-refractivity contribution in [2.24, 2.45) is 0 Å². The van der Waals surface area contributed by atoms with Crippen molar-refractivity contribution in [3.63, 3.8) is 0 Å². The predicted molar refractivity (Wildman–Crippen MR) is 83.2 cm³/mol. The van der Waals surface area contributed by atoms with E-state index in [0.717, 1.165) is 28.2 Å². The van der Waals surface area contributed by atoms with Gasteiger partial charge in [-0.1, -0.05) is 6.07 Å². The van der Waals surface area contributed by atoms with Gasteiger partial charge in [-0.2, -0.15) is 0 Å². The number of carbonyl (C=O) groups is 1. The lowest BCUT2D eigenvalue weighted by Gasteiger charge is -2.10. The molecule has 20 heavy (non-hydrogen) atoms. The molecule has 0 unspecified atom stereocenters. The Hall–Kier alpha value is -1.88. The summed E-state index contributed by atoms with van der Waals surface area (Å²) in [6.45, 7) is 6.41. The van der Waals surface area contributed by atoms with Crippen LogP contribution >= 0.6 is 11.3 Å². The number of nitrogens with two attached hydrogens (primary N) is 1. The highest BCUT2D eigenvalue weighted by molar-refractivity contribution is 7.09. The van der Waals surface area contributed by atoms with Gasteiger partial charge < -0.3 is 11.1 Å². The first-order valence-corrected chi connectivity index (χ1v) is 7.41. The molecule has 2 aromatic rings. The smallest absolute Gasteiger partial charge is 0.251 e. The normalized spacial score (nSPS) is 10.6. The Labute approximate surface area is 123 Å². The van der Waals surface area contributed by atoms with Crippen LogP contribution in [0.1, 0.15) is 32.2 Å². The summed E-state index contributed by atoms with van der Waals surface area (Å²) >= 11 is 1.62. The average molecular weight is 289 g/mol. The maximum Gasteiger partial charge on any atom is 0.251 e. The first-order chi connectivity index (χ1) is 9.47. The summed E-state index contributed by atoms with van der Waals surface area (Å²) in [7, 11) is 0. The number of benzene rings is 1. The number of carbonyl (C=O) groups excluding carboxylic acids is 1. The molecule has 3 N–H and O–H groups in total. The van der Waals surface area contributed by atoms with Crippen molar-refractivity contribution in [3.05, 3.63) is 44.9 Å². The van der Waals surface area contributed by atoms with Crippen molar-refractivity contribution < 1.29 is 4.79 Å². The molecule has 0 atom stereocenters. The van der Waals surface area contributed by atoms with Gasteiger partial charge in [0.1, 0.15) is 0 Å². The van der Waals surface area contributed by atoms with Crippen LogP contribution in [0.4, 0.5) is 5.69 Å². The predicted octanol–water partition coefficient (Wildman–Crippen LogP) is 2.62. The van der Waals surface area contributed by atoms with Crippen molar-refractivity contribution in [1.82, 2.24) is 10.3 Å². The van der Waals surface area contributed by atoms with Crippen molar-refractivity contribution in [1.29, 1.82) is 0 Å². The molecule has 106 valence electrons. The lowest BCUT2D eigenvalue weighted by atomic mass is 10.0. The second-order valence-electron chi connectivity index (χ2n) is 4.91. The zero-order valence-corrected chi connectivity index (χ0v) is 12.8. The van der Waals surface area contributed by atoms with Gasteiger partial charge in [0.25, 0.3) is 5.91 Å². The van der Waals surface area contributed by atoms with Crippen LogP contribution in [0.25, 0.3) is 0 Å². The summed E-state index contributed by atoms with van der Waals surface area (Å²) in [6.07, 6.45) is 0.755. The van der Waals surface area contributed by atoms with E-state index in [-0.39, 0.29) is 5.91 Å². The Balaban J connectivity index is 1.97. The van der Waals surface area contributed by atoms with E-state index in [2.05, 4.69) is 10.3 Å². The number of rotatable bonds is 4. The van der Waals surface area contributed by atoms with Gasteiger partial charge in [-0.05, 0) is 38.0 Å². The van der Waals surface area contributed by atoms with E-state index in [1.165, 1.54) is 0 Å². The fourth-order valence-corrected chi connectivity index (χ4v) is 2.79. The van der Waals surface area contributed by atoms with E-state index in [4.69, 9.17) is 5.73 Å². The maximum atomic E-state index is 12.1. The molecule has 1 aromatic heterocycles. The number of nitrogen functional groups attached to an aromatic ring is 1. The number of nitrogens with one attached hydrogen (secondary N) is 1. The zero-order chi connectivity index (χ0) is 14.7. The first-order valence-electron chi connectivity index (χ1n) is 6.53. The fourth-order valence-electron chi connectivity index (χ4n) is 2.01. The summed E-state index contributed by atoms with van der Waals surface area (Å²) in [4.78, 5) is 16.5. The molecule has 0 aliphatic heterocycles. The third kappa shape index (κ3) is 3.36. The van der Waals surface area contributed by atoms with Crippen LogP contribution in [0, 0.1) is 20.8 Å². The summed E-state index contributed by atoms with van der Waals surface area (Å²) in [5.41, 5.74) is 10.1. The molecular formula is C15H19N3OS. The third-order valence-corrected chi connectivity index (χ3v) is 4.18. The van der Waals surface area contributed by atoms with Gasteiger partial charge in [-0.25, -0.2) is 4.98 Å². The molecule has 0 aliphatic carbocycles. The minimum atomic E-state index is -0.0810. The number of nitrogens with zero attached hydrogens (tertiary/aromatic N) is 1. The summed E-state index contributed by atoms with van der Waals surface area (Å²) in [6, 6.07) is 3.68. The molecule has 0 radical (unpaired) electrons. The van der Waals surface area contributed by atoms with E-state index in [9.17, 15) is 4.79 Å². The number of amides is 1. The molecule has 4 nitrogen and oxygen atoms in total. The van der Waals surface area contributed by atoms with Gasteiger partial charge in [0.05, 0.1) is 5.01 Å². The first kappa shape index (κ1) is 14.5. The maximum absolute atomic E-state index is 12.1. The van der Waals surface area contributed by atoms with Gasteiger partial charge in [-0.15, -0.1) is 11.3 Å². The number of hydrogen-bond donors (Lipinski definition) is 2. The van der Waals surface area contributed by atoms with Crippen LogP contribution < -0.4 is 11.1 Å². The van der Waals surface area contributed by atoms with Crippen LogP contribution in [0.5, 0.6) is 0 Å². The Kier molecular flexibility index (Phi) is 4.39. The topological polar surface area (TPSA) is 68.0 Å². The second-order valence-corrected chi connectivity index (χ2v) is 5.85. The molecule has 1 amide bonds. The van der Waals surface area contributed by atoms with Gasteiger partial charge in [0, 0.05) is 35.3 Å². The molecule has 0 spiro atoms. The average Bonchev–Trinajstić information content (AvgIpc) is 2.79. The lowest BCUT2D eigenvalue weighted by Crippen LogP contribution is -2.26. The Bertz CT molecular complexity index is 634. The standard InChI is InChI=1S/C15H19N3OS/c1-9-6-10(2)13(16)7-12(9)15(19)17-5-4-14-18-11(3)8-20-14/h6-8H,4-5,16H2,1-3H3,(H,17,19). The summed E-state index contributed by atoms with van der Waals surface area (Å²) in [5.74, 6) is -0.0810. The Morgan fingerprint density at radius 2 is 2.05 bits per heavy atom. The summed E-state index contributed by atoms with van der Waals surface area (Å²) in [5, 5.41) is 5.98. The van der Waals surface area contributed by atoms with Gasteiger partial charge in [0.2, 0.25) is 0 Å². The zero-order valence-electron chi connectivity index (χ0n) is 12.0. The Morgan fingerprint density at radius 1 is 1.30 bits per heavy atom. The molecular weight excluding hydrogens is 270 g/mol. The minimum Gasteiger partial charge on any atom is -0.398 e. The van der Waals surface area contributed by atoms with Crippen LogP contribution in [-0.2, 0) is 6.42 Å². The molecule has 0 saturated heterocycles. The highest BCUT2D eigenvalue weighted by atomic mass is 32.1. The highest BCUT2D eigenvalue weighted by Crippen LogP contribution is 2.17. The van der Waals surface area contributed by atoms with Crippen molar-refractivity contribution in [3.8, 4) is 0 Å².